The Morgan fingerprint density at radius 3 is 2.04 bits per heavy atom. The number of aromatic amines is 1. The van der Waals surface area contributed by atoms with Crippen molar-refractivity contribution < 1.29 is 21.5 Å². The Labute approximate surface area is 171 Å². The minimum absolute atomic E-state index is 0. The Morgan fingerprint density at radius 2 is 1.38 bits per heavy atom. The molecule has 0 aliphatic carbocycles. The second kappa shape index (κ2) is 12.5. The van der Waals surface area contributed by atoms with E-state index in [0.717, 1.165) is 6.54 Å². The van der Waals surface area contributed by atoms with Gasteiger partial charge in [0, 0.05) is 12.0 Å². The van der Waals surface area contributed by atoms with Gasteiger partial charge in [0.25, 0.3) is 5.82 Å². The predicted octanol–water partition coefficient (Wildman–Crippen LogP) is 3.29. The number of nitrogens with one attached hydrogen (secondary N) is 1. The summed E-state index contributed by atoms with van der Waals surface area (Å²) < 4.78 is 2.58. The molecule has 0 aliphatic rings. The van der Waals surface area contributed by atoms with Gasteiger partial charge in [-0.3, -0.25) is 0 Å². The number of aromatic nitrogens is 2. The molecule has 2 aromatic rings. The van der Waals surface area contributed by atoms with Crippen LogP contribution < -0.4 is 21.5 Å². The molecule has 0 atom stereocenters. The first-order chi connectivity index (χ1) is 12.3. The Morgan fingerprint density at radius 1 is 0.769 bits per heavy atom. The Kier molecular flexibility index (Phi) is 11.2. The zero-order valence-corrected chi connectivity index (χ0v) is 19.1. The number of hydrogen-bond acceptors (Lipinski definition) is 0. The van der Waals surface area contributed by atoms with Crippen LogP contribution in [0.25, 0.3) is 11.0 Å². The summed E-state index contributed by atoms with van der Waals surface area (Å²) in [6.07, 6.45) is 13.8. The Balaban J connectivity index is 0.00000338. The lowest BCUT2D eigenvalue weighted by molar-refractivity contribution is -0.679. The van der Waals surface area contributed by atoms with Crippen molar-refractivity contribution in [1.29, 1.82) is 0 Å². The third-order valence-electron chi connectivity index (χ3n) is 5.36. The van der Waals surface area contributed by atoms with Crippen molar-refractivity contribution in [2.75, 3.05) is 0 Å². The van der Waals surface area contributed by atoms with Crippen LogP contribution in [-0.2, 0) is 25.8 Å². The molecule has 1 aromatic heterocycles. The molecule has 0 saturated carbocycles. The quantitative estimate of drug-likeness (QED) is 0.506. The summed E-state index contributed by atoms with van der Waals surface area (Å²) in [5.41, 5.74) is 6.05. The van der Waals surface area contributed by atoms with Gasteiger partial charge in [-0.05, 0) is 50.2 Å². The van der Waals surface area contributed by atoms with Gasteiger partial charge < -0.3 is 17.0 Å². The molecule has 0 spiro atoms. The first kappa shape index (κ1) is 23.2. The Bertz CT molecular complexity index is 645. The van der Waals surface area contributed by atoms with Crippen molar-refractivity contribution in [3.63, 3.8) is 0 Å². The normalized spacial score (nSPS) is 11.1. The number of benzene rings is 1. The van der Waals surface area contributed by atoms with Crippen molar-refractivity contribution in [3.8, 4) is 0 Å². The molecule has 26 heavy (non-hydrogen) atoms. The molecule has 0 saturated heterocycles. The minimum atomic E-state index is 0. The van der Waals surface area contributed by atoms with Crippen molar-refractivity contribution in [2.45, 2.75) is 105 Å². The van der Waals surface area contributed by atoms with Crippen LogP contribution in [0.5, 0.6) is 0 Å². The average molecular weight is 423 g/mol. The standard InChI is InChI=1S/C23H38N2.BrH/c1-5-9-13-19-16-17-21-23(20(19)14-10-6-2)24-22(15-11-7-3)25(21)18-12-8-4;/h16-17H,5-15,18H2,1-4H3;1H. The molecular weight excluding hydrogens is 384 g/mol. The summed E-state index contributed by atoms with van der Waals surface area (Å²) in [4.78, 5) is 3.87. The second-order valence-corrected chi connectivity index (χ2v) is 7.48. The van der Waals surface area contributed by atoms with E-state index in [1.807, 2.05) is 0 Å². The monoisotopic (exact) mass is 422 g/mol. The number of fused-ring (bicyclic) bond motifs is 1. The summed E-state index contributed by atoms with van der Waals surface area (Å²) in [6, 6.07) is 4.81. The van der Waals surface area contributed by atoms with Gasteiger partial charge in [0.2, 0.25) is 0 Å². The van der Waals surface area contributed by atoms with Gasteiger partial charge in [-0.15, -0.1) is 0 Å². The largest absolute Gasteiger partial charge is 1.00 e. The van der Waals surface area contributed by atoms with Gasteiger partial charge in [0.05, 0.1) is 6.54 Å². The third kappa shape index (κ3) is 5.84. The minimum Gasteiger partial charge on any atom is -1.00 e. The maximum Gasteiger partial charge on any atom is 0.255 e. The lowest BCUT2D eigenvalue weighted by Gasteiger charge is -2.08. The topological polar surface area (TPSA) is 19.7 Å². The number of imidazole rings is 1. The van der Waals surface area contributed by atoms with Crippen LogP contribution in [0.3, 0.4) is 0 Å². The summed E-state index contributed by atoms with van der Waals surface area (Å²) >= 11 is 0. The van der Waals surface area contributed by atoms with Crippen molar-refractivity contribution in [1.82, 2.24) is 4.98 Å². The van der Waals surface area contributed by atoms with Crippen LogP contribution in [0.4, 0.5) is 0 Å². The number of aryl methyl sites for hydroxylation is 4. The Hall–Kier alpha value is -0.830. The predicted molar refractivity (Wildman–Crippen MR) is 109 cm³/mol. The third-order valence-corrected chi connectivity index (χ3v) is 5.36. The first-order valence-electron chi connectivity index (χ1n) is 10.8. The second-order valence-electron chi connectivity index (χ2n) is 7.48. The summed E-state index contributed by atoms with van der Waals surface area (Å²) in [5, 5.41) is 0. The number of halogens is 1. The van der Waals surface area contributed by atoms with Crippen LogP contribution in [0.15, 0.2) is 12.1 Å². The maximum absolute atomic E-state index is 3.87. The van der Waals surface area contributed by atoms with Gasteiger partial charge in [0.1, 0.15) is 0 Å². The number of unbranched alkanes of at least 4 members (excludes halogenated alkanes) is 4. The van der Waals surface area contributed by atoms with Crippen LogP contribution in [0.1, 0.15) is 96.0 Å². The van der Waals surface area contributed by atoms with Crippen molar-refractivity contribution in [3.05, 3.63) is 29.1 Å². The number of hydrogen-bond donors (Lipinski definition) is 1. The summed E-state index contributed by atoms with van der Waals surface area (Å²) in [5.74, 6) is 1.44. The molecule has 2 nitrogen and oxygen atoms in total. The van der Waals surface area contributed by atoms with E-state index in [1.165, 1.54) is 87.5 Å². The fourth-order valence-electron chi connectivity index (χ4n) is 3.75. The smallest absolute Gasteiger partial charge is 0.255 e. The van der Waals surface area contributed by atoms with E-state index in [0.29, 0.717) is 0 Å². The molecule has 0 bridgehead atoms. The van der Waals surface area contributed by atoms with Gasteiger partial charge in [-0.1, -0.05) is 59.4 Å². The maximum atomic E-state index is 3.87. The highest BCUT2D eigenvalue weighted by Crippen LogP contribution is 2.24. The van der Waals surface area contributed by atoms with E-state index < -0.39 is 0 Å². The van der Waals surface area contributed by atoms with Crippen molar-refractivity contribution in [2.24, 2.45) is 0 Å². The molecule has 0 radical (unpaired) electrons. The van der Waals surface area contributed by atoms with E-state index in [4.69, 9.17) is 0 Å². The SMILES string of the molecule is CCCCc1ccc2c([nH]c(CCCC)[n+]2CCCC)c1CCCC.[Br-]. The molecule has 0 amide bonds. The van der Waals surface area contributed by atoms with Crippen molar-refractivity contribution >= 4 is 11.0 Å². The van der Waals surface area contributed by atoms with Crippen LogP contribution in [-0.4, -0.2) is 4.98 Å². The van der Waals surface area contributed by atoms with E-state index in [1.54, 1.807) is 11.1 Å². The number of nitrogens with zero attached hydrogens (tertiary/aromatic N) is 1. The van der Waals surface area contributed by atoms with Gasteiger partial charge >= 0.3 is 0 Å². The molecule has 0 aliphatic heterocycles. The van der Waals surface area contributed by atoms with Crippen LogP contribution >= 0.6 is 0 Å². The molecule has 0 fully saturated rings. The van der Waals surface area contributed by atoms with Crippen LogP contribution in [0.2, 0.25) is 0 Å². The van der Waals surface area contributed by atoms with Gasteiger partial charge in [-0.2, -0.15) is 0 Å². The molecule has 148 valence electrons. The fourth-order valence-corrected chi connectivity index (χ4v) is 3.75. The molecular formula is C23H39BrN2. The zero-order valence-electron chi connectivity index (χ0n) is 17.5. The van der Waals surface area contributed by atoms with Gasteiger partial charge in [-0.25, -0.2) is 9.55 Å². The summed E-state index contributed by atoms with van der Waals surface area (Å²) in [7, 11) is 0. The lowest BCUT2D eigenvalue weighted by atomic mass is 9.96. The molecule has 1 heterocycles. The number of rotatable bonds is 12. The molecule has 1 N–H and O–H groups in total. The molecule has 3 heteroatoms. The van der Waals surface area contributed by atoms with E-state index >= 15 is 0 Å². The zero-order chi connectivity index (χ0) is 18.1. The first-order valence-corrected chi connectivity index (χ1v) is 10.8. The average Bonchev–Trinajstić information content (AvgIpc) is 2.98. The summed E-state index contributed by atoms with van der Waals surface area (Å²) in [6.45, 7) is 10.3. The lowest BCUT2D eigenvalue weighted by Crippen LogP contribution is -3.00. The van der Waals surface area contributed by atoms with Crippen LogP contribution in [0, 0.1) is 0 Å². The molecule has 2 rings (SSSR count). The molecule has 1 aromatic carbocycles. The fraction of sp³-hybridized carbons (Fsp3) is 0.696. The van der Waals surface area contributed by atoms with Gasteiger partial charge in [0.15, 0.2) is 11.0 Å². The van der Waals surface area contributed by atoms with E-state index in [-0.39, 0.29) is 17.0 Å². The number of H-pyrrole nitrogens is 1. The molecule has 0 unspecified atom stereocenters. The van der Waals surface area contributed by atoms with E-state index in [2.05, 4.69) is 49.4 Å². The highest BCUT2D eigenvalue weighted by atomic mass is 79.9. The highest BCUT2D eigenvalue weighted by molar-refractivity contribution is 5.77. The van der Waals surface area contributed by atoms with E-state index in [9.17, 15) is 0 Å². The highest BCUT2D eigenvalue weighted by Gasteiger charge is 2.21.